The molecule has 2 aromatic rings. The SMILES string of the molecule is COc1ccc(OC)c([C@H]2CCCN2[C@@H](C)C(=O)Nc2ccccc2)c1. The molecule has 2 aromatic carbocycles. The molecule has 0 bridgehead atoms. The van der Waals surface area contributed by atoms with E-state index in [-0.39, 0.29) is 18.0 Å². The minimum absolute atomic E-state index is 0.00460. The minimum atomic E-state index is -0.237. The summed E-state index contributed by atoms with van der Waals surface area (Å²) in [6.45, 7) is 2.84. The van der Waals surface area contributed by atoms with E-state index in [1.165, 1.54) is 0 Å². The highest BCUT2D eigenvalue weighted by molar-refractivity contribution is 5.94. The van der Waals surface area contributed by atoms with E-state index in [4.69, 9.17) is 9.47 Å². The number of likely N-dealkylation sites (tertiary alicyclic amines) is 1. The Morgan fingerprint density at radius 3 is 2.62 bits per heavy atom. The van der Waals surface area contributed by atoms with Crippen LogP contribution in [0.5, 0.6) is 11.5 Å². The van der Waals surface area contributed by atoms with Gasteiger partial charge in [0.15, 0.2) is 0 Å². The molecule has 0 radical (unpaired) electrons. The Balaban J connectivity index is 1.80. The molecule has 26 heavy (non-hydrogen) atoms. The molecule has 3 rings (SSSR count). The van der Waals surface area contributed by atoms with Gasteiger partial charge in [0.2, 0.25) is 5.91 Å². The molecular weight excluding hydrogens is 328 g/mol. The zero-order valence-corrected chi connectivity index (χ0v) is 15.6. The lowest BCUT2D eigenvalue weighted by atomic mass is 10.0. The van der Waals surface area contributed by atoms with E-state index in [1.54, 1.807) is 14.2 Å². The fraction of sp³-hybridized carbons (Fsp3) is 0.381. The number of anilines is 1. The van der Waals surface area contributed by atoms with Crippen LogP contribution in [0.4, 0.5) is 5.69 Å². The summed E-state index contributed by atoms with van der Waals surface area (Å²) in [6, 6.07) is 15.3. The zero-order chi connectivity index (χ0) is 18.5. The van der Waals surface area contributed by atoms with E-state index < -0.39 is 0 Å². The highest BCUT2D eigenvalue weighted by atomic mass is 16.5. The van der Waals surface area contributed by atoms with Gasteiger partial charge in [0, 0.05) is 17.3 Å². The molecule has 138 valence electrons. The zero-order valence-electron chi connectivity index (χ0n) is 15.6. The molecule has 1 saturated heterocycles. The number of nitrogens with zero attached hydrogens (tertiary/aromatic N) is 1. The summed E-state index contributed by atoms with van der Waals surface area (Å²) < 4.78 is 10.9. The smallest absolute Gasteiger partial charge is 0.241 e. The number of amides is 1. The number of hydrogen-bond donors (Lipinski definition) is 1. The van der Waals surface area contributed by atoms with Crippen LogP contribution < -0.4 is 14.8 Å². The molecule has 1 heterocycles. The second-order valence-electron chi connectivity index (χ2n) is 6.53. The molecule has 0 saturated carbocycles. The van der Waals surface area contributed by atoms with Gasteiger partial charge in [-0.15, -0.1) is 0 Å². The fourth-order valence-corrected chi connectivity index (χ4v) is 3.61. The van der Waals surface area contributed by atoms with Gasteiger partial charge in [-0.05, 0) is 56.6 Å². The van der Waals surface area contributed by atoms with Gasteiger partial charge in [-0.1, -0.05) is 18.2 Å². The van der Waals surface area contributed by atoms with Crippen molar-refractivity contribution in [3.05, 3.63) is 54.1 Å². The molecule has 1 aliphatic heterocycles. The Morgan fingerprint density at radius 1 is 1.15 bits per heavy atom. The average molecular weight is 354 g/mol. The van der Waals surface area contributed by atoms with Crippen molar-refractivity contribution in [1.29, 1.82) is 0 Å². The average Bonchev–Trinajstić information content (AvgIpc) is 3.17. The lowest BCUT2D eigenvalue weighted by molar-refractivity contribution is -0.121. The van der Waals surface area contributed by atoms with Crippen LogP contribution in [0.1, 0.15) is 31.4 Å². The summed E-state index contributed by atoms with van der Waals surface area (Å²) in [5.41, 5.74) is 1.89. The number of methoxy groups -OCH3 is 2. The number of para-hydroxylation sites is 1. The first kappa shape index (κ1) is 18.3. The fourth-order valence-electron chi connectivity index (χ4n) is 3.61. The molecular formula is C21H26N2O3. The first-order valence-electron chi connectivity index (χ1n) is 8.97. The maximum atomic E-state index is 12.7. The van der Waals surface area contributed by atoms with E-state index in [0.29, 0.717) is 0 Å². The summed E-state index contributed by atoms with van der Waals surface area (Å²) >= 11 is 0. The number of hydrogen-bond acceptors (Lipinski definition) is 4. The third kappa shape index (κ3) is 3.83. The van der Waals surface area contributed by atoms with Gasteiger partial charge in [-0.3, -0.25) is 9.69 Å². The van der Waals surface area contributed by atoms with Crippen molar-refractivity contribution in [3.8, 4) is 11.5 Å². The second kappa shape index (κ2) is 8.23. The molecule has 1 aliphatic rings. The van der Waals surface area contributed by atoms with Gasteiger partial charge in [-0.2, -0.15) is 0 Å². The van der Waals surface area contributed by atoms with Crippen molar-refractivity contribution in [3.63, 3.8) is 0 Å². The van der Waals surface area contributed by atoms with Crippen LogP contribution in [0, 0.1) is 0 Å². The molecule has 0 aliphatic carbocycles. The van der Waals surface area contributed by atoms with Crippen molar-refractivity contribution >= 4 is 11.6 Å². The molecule has 0 spiro atoms. The predicted octanol–water partition coefficient (Wildman–Crippen LogP) is 3.87. The van der Waals surface area contributed by atoms with Gasteiger partial charge in [0.25, 0.3) is 0 Å². The Morgan fingerprint density at radius 2 is 1.92 bits per heavy atom. The Labute approximate surface area is 154 Å². The first-order chi connectivity index (χ1) is 12.6. The van der Waals surface area contributed by atoms with Gasteiger partial charge in [0.05, 0.1) is 20.3 Å². The maximum absolute atomic E-state index is 12.7. The van der Waals surface area contributed by atoms with Crippen LogP contribution in [0.3, 0.4) is 0 Å². The highest BCUT2D eigenvalue weighted by Gasteiger charge is 2.34. The van der Waals surface area contributed by atoms with E-state index in [2.05, 4.69) is 10.2 Å². The number of rotatable bonds is 6. The third-order valence-electron chi connectivity index (χ3n) is 5.01. The van der Waals surface area contributed by atoms with Crippen LogP contribution in [0.2, 0.25) is 0 Å². The van der Waals surface area contributed by atoms with Gasteiger partial charge in [-0.25, -0.2) is 0 Å². The number of benzene rings is 2. The summed E-state index contributed by atoms with van der Waals surface area (Å²) in [7, 11) is 3.34. The highest BCUT2D eigenvalue weighted by Crippen LogP contribution is 2.40. The standard InChI is InChI=1S/C21H26N2O3/c1-15(21(24)22-16-8-5-4-6-9-16)23-13-7-10-19(23)18-14-17(25-2)11-12-20(18)26-3/h4-6,8-9,11-12,14-15,19H,7,10,13H2,1-3H3,(H,22,24)/t15-,19+/m0/s1. The van der Waals surface area contributed by atoms with E-state index >= 15 is 0 Å². The molecule has 1 N–H and O–H groups in total. The van der Waals surface area contributed by atoms with Gasteiger partial charge in [0.1, 0.15) is 11.5 Å². The van der Waals surface area contributed by atoms with Crippen molar-refractivity contribution in [2.45, 2.75) is 31.8 Å². The molecule has 1 fully saturated rings. The van der Waals surface area contributed by atoms with Crippen LogP contribution in [0.25, 0.3) is 0 Å². The third-order valence-corrected chi connectivity index (χ3v) is 5.01. The van der Waals surface area contributed by atoms with Crippen molar-refractivity contribution in [2.24, 2.45) is 0 Å². The van der Waals surface area contributed by atoms with Crippen molar-refractivity contribution in [2.75, 3.05) is 26.1 Å². The predicted molar refractivity (Wildman–Crippen MR) is 103 cm³/mol. The van der Waals surface area contributed by atoms with Gasteiger partial charge >= 0.3 is 0 Å². The van der Waals surface area contributed by atoms with Crippen molar-refractivity contribution in [1.82, 2.24) is 4.90 Å². The van der Waals surface area contributed by atoms with E-state index in [1.807, 2.05) is 55.5 Å². The molecule has 2 atom stereocenters. The normalized spacial score (nSPS) is 18.3. The lowest BCUT2D eigenvalue weighted by Crippen LogP contribution is -2.41. The number of carbonyl (C=O) groups excluding carboxylic acids is 1. The Hall–Kier alpha value is -2.53. The van der Waals surface area contributed by atoms with Crippen LogP contribution in [0.15, 0.2) is 48.5 Å². The molecule has 0 unspecified atom stereocenters. The first-order valence-corrected chi connectivity index (χ1v) is 8.97. The van der Waals surface area contributed by atoms with Crippen LogP contribution in [-0.4, -0.2) is 37.6 Å². The van der Waals surface area contributed by atoms with Crippen LogP contribution in [-0.2, 0) is 4.79 Å². The quantitative estimate of drug-likeness (QED) is 0.856. The summed E-state index contributed by atoms with van der Waals surface area (Å²) in [6.07, 6.45) is 2.04. The molecule has 5 nitrogen and oxygen atoms in total. The number of ether oxygens (including phenoxy) is 2. The van der Waals surface area contributed by atoms with E-state index in [9.17, 15) is 4.79 Å². The minimum Gasteiger partial charge on any atom is -0.497 e. The van der Waals surface area contributed by atoms with Gasteiger partial charge < -0.3 is 14.8 Å². The maximum Gasteiger partial charge on any atom is 0.241 e. The van der Waals surface area contributed by atoms with Crippen molar-refractivity contribution < 1.29 is 14.3 Å². The molecule has 1 amide bonds. The summed E-state index contributed by atoms with van der Waals surface area (Å²) in [5.74, 6) is 1.64. The monoisotopic (exact) mass is 354 g/mol. The summed E-state index contributed by atoms with van der Waals surface area (Å²) in [5, 5.41) is 3.01. The van der Waals surface area contributed by atoms with Crippen LogP contribution >= 0.6 is 0 Å². The molecule has 5 heteroatoms. The Kier molecular flexibility index (Phi) is 5.78. The molecule has 0 aromatic heterocycles. The Bertz CT molecular complexity index is 748. The second-order valence-corrected chi connectivity index (χ2v) is 6.53. The lowest BCUT2D eigenvalue weighted by Gasteiger charge is -2.31. The largest absolute Gasteiger partial charge is 0.497 e. The topological polar surface area (TPSA) is 50.8 Å². The summed E-state index contributed by atoms with van der Waals surface area (Å²) in [4.78, 5) is 15.0. The number of carbonyl (C=O) groups is 1. The van der Waals surface area contributed by atoms with E-state index in [0.717, 1.165) is 42.1 Å². The number of nitrogens with one attached hydrogen (secondary N) is 1.